The quantitative estimate of drug-likeness (QED) is 0.393. The molecule has 6 nitrogen and oxygen atoms in total. The van der Waals surface area contributed by atoms with Crippen molar-refractivity contribution in [3.63, 3.8) is 0 Å². The Morgan fingerprint density at radius 3 is 2.76 bits per heavy atom. The topological polar surface area (TPSA) is 78.4 Å². The summed E-state index contributed by atoms with van der Waals surface area (Å²) in [4.78, 5) is 14.4. The molecular formula is C21H17FN2O4S. The second-order valence-corrected chi connectivity index (χ2v) is 7.43. The van der Waals surface area contributed by atoms with E-state index in [1.54, 1.807) is 29.5 Å². The first-order valence-corrected chi connectivity index (χ1v) is 9.80. The van der Waals surface area contributed by atoms with Crippen molar-refractivity contribution in [3.8, 4) is 22.1 Å². The fourth-order valence-electron chi connectivity index (χ4n) is 2.84. The molecule has 0 unspecified atom stereocenters. The van der Waals surface area contributed by atoms with Crippen LogP contribution in [0.15, 0.2) is 51.3 Å². The van der Waals surface area contributed by atoms with Gasteiger partial charge in [0.2, 0.25) is 5.76 Å². The second-order valence-electron chi connectivity index (χ2n) is 6.29. The summed E-state index contributed by atoms with van der Waals surface area (Å²) < 4.78 is 30.0. The largest absolute Gasteiger partial charge is 0.450 e. The molecule has 0 saturated heterocycles. The number of thiophene rings is 1. The highest BCUT2D eigenvalue weighted by Gasteiger charge is 2.18. The lowest BCUT2D eigenvalue weighted by molar-refractivity contribution is 0.0403. The number of esters is 1. The van der Waals surface area contributed by atoms with Gasteiger partial charge in [-0.1, -0.05) is 19.1 Å². The van der Waals surface area contributed by atoms with Crippen LogP contribution in [0.2, 0.25) is 0 Å². The third kappa shape index (κ3) is 3.97. The van der Waals surface area contributed by atoms with Gasteiger partial charge in [0.1, 0.15) is 11.6 Å². The number of benzene rings is 1. The van der Waals surface area contributed by atoms with Crippen molar-refractivity contribution in [2.24, 2.45) is 0 Å². The predicted molar refractivity (Wildman–Crippen MR) is 105 cm³/mol. The van der Waals surface area contributed by atoms with Gasteiger partial charge in [0.25, 0.3) is 11.8 Å². The number of carbonyl (C=O) groups excluding carboxylic acids is 1. The third-order valence-corrected chi connectivity index (χ3v) is 5.66. The number of carbonyl (C=O) groups is 1. The van der Waals surface area contributed by atoms with E-state index in [4.69, 9.17) is 13.6 Å². The fourth-order valence-corrected chi connectivity index (χ4v) is 3.87. The van der Waals surface area contributed by atoms with Gasteiger partial charge in [-0.05, 0) is 49.2 Å². The summed E-state index contributed by atoms with van der Waals surface area (Å²) in [6.45, 7) is 3.94. The Balaban J connectivity index is 1.42. The summed E-state index contributed by atoms with van der Waals surface area (Å²) in [7, 11) is 0. The summed E-state index contributed by atoms with van der Waals surface area (Å²) in [6.07, 6.45) is 0.938. The third-order valence-electron chi connectivity index (χ3n) is 4.29. The zero-order chi connectivity index (χ0) is 20.4. The van der Waals surface area contributed by atoms with E-state index in [0.717, 1.165) is 11.3 Å². The minimum absolute atomic E-state index is 0.0375. The second kappa shape index (κ2) is 8.00. The molecule has 0 N–H and O–H groups in total. The molecule has 4 aromatic rings. The lowest BCUT2D eigenvalue weighted by atomic mass is 10.1. The molecule has 8 heteroatoms. The average Bonchev–Trinajstić information content (AvgIpc) is 3.46. The van der Waals surface area contributed by atoms with Crippen molar-refractivity contribution in [2.75, 3.05) is 0 Å². The zero-order valence-corrected chi connectivity index (χ0v) is 16.6. The Bertz CT molecular complexity index is 1160. The molecule has 4 rings (SSSR count). The summed E-state index contributed by atoms with van der Waals surface area (Å²) >= 11 is 1.60. The number of hydrogen-bond donors (Lipinski definition) is 0. The van der Waals surface area contributed by atoms with E-state index < -0.39 is 11.8 Å². The average molecular weight is 412 g/mol. The van der Waals surface area contributed by atoms with E-state index in [1.165, 1.54) is 28.6 Å². The highest BCUT2D eigenvalue weighted by atomic mass is 32.1. The Morgan fingerprint density at radius 2 is 2.00 bits per heavy atom. The van der Waals surface area contributed by atoms with Crippen LogP contribution in [0.1, 0.15) is 33.8 Å². The van der Waals surface area contributed by atoms with E-state index in [0.29, 0.717) is 5.89 Å². The zero-order valence-electron chi connectivity index (χ0n) is 15.8. The first-order valence-electron chi connectivity index (χ1n) is 8.99. The van der Waals surface area contributed by atoms with Crippen LogP contribution in [0.25, 0.3) is 22.1 Å². The SMILES string of the molecule is CCc1sc(-c2nnc(COC(=O)c3ccc(-c4ccccc4F)o3)o2)cc1C. The number of nitrogens with zero attached hydrogens (tertiary/aromatic N) is 2. The van der Waals surface area contributed by atoms with E-state index in [9.17, 15) is 9.18 Å². The molecule has 0 aliphatic heterocycles. The summed E-state index contributed by atoms with van der Waals surface area (Å²) in [5.41, 5.74) is 1.45. The lowest BCUT2D eigenvalue weighted by Crippen LogP contribution is -2.04. The Morgan fingerprint density at radius 1 is 1.17 bits per heavy atom. The molecule has 0 bridgehead atoms. The molecule has 3 heterocycles. The van der Waals surface area contributed by atoms with Crippen molar-refractivity contribution in [1.82, 2.24) is 10.2 Å². The molecule has 0 aliphatic rings. The van der Waals surface area contributed by atoms with Gasteiger partial charge in [-0.2, -0.15) is 0 Å². The number of aromatic nitrogens is 2. The molecular weight excluding hydrogens is 395 g/mol. The smallest absolute Gasteiger partial charge is 0.374 e. The fraction of sp³-hybridized carbons (Fsp3) is 0.190. The number of halogens is 1. The molecule has 3 aromatic heterocycles. The van der Waals surface area contributed by atoms with Gasteiger partial charge in [0, 0.05) is 4.88 Å². The first kappa shape index (κ1) is 19.1. The maximum Gasteiger partial charge on any atom is 0.374 e. The van der Waals surface area contributed by atoms with Gasteiger partial charge >= 0.3 is 5.97 Å². The van der Waals surface area contributed by atoms with E-state index in [2.05, 4.69) is 17.1 Å². The number of hydrogen-bond acceptors (Lipinski definition) is 7. The minimum atomic E-state index is -0.701. The summed E-state index contributed by atoms with van der Waals surface area (Å²) in [5.74, 6) is -0.357. The van der Waals surface area contributed by atoms with Gasteiger partial charge in [0.05, 0.1) is 10.4 Å². The highest BCUT2D eigenvalue weighted by Crippen LogP contribution is 2.31. The van der Waals surface area contributed by atoms with Crippen LogP contribution in [0.4, 0.5) is 4.39 Å². The van der Waals surface area contributed by atoms with Crippen LogP contribution >= 0.6 is 11.3 Å². The summed E-state index contributed by atoms with van der Waals surface area (Å²) in [6, 6.07) is 11.1. The van der Waals surface area contributed by atoms with Crippen LogP contribution in [-0.4, -0.2) is 16.2 Å². The van der Waals surface area contributed by atoms with Crippen molar-refractivity contribution in [1.29, 1.82) is 0 Å². The van der Waals surface area contributed by atoms with Crippen LogP contribution in [0, 0.1) is 12.7 Å². The molecule has 0 aliphatic carbocycles. The van der Waals surface area contributed by atoms with Crippen molar-refractivity contribution in [2.45, 2.75) is 26.9 Å². The molecule has 0 atom stereocenters. The molecule has 0 radical (unpaired) electrons. The maximum atomic E-state index is 13.8. The molecule has 148 valence electrons. The Kier molecular flexibility index (Phi) is 5.26. The molecule has 0 fully saturated rings. The standard InChI is InChI=1S/C21H17FN2O4S/c1-3-17-12(2)10-18(29-17)20-24-23-19(28-20)11-26-21(25)16-9-8-15(27-16)13-6-4-5-7-14(13)22/h4-10H,3,11H2,1-2H3. The minimum Gasteiger partial charge on any atom is -0.450 e. The number of rotatable bonds is 6. The predicted octanol–water partition coefficient (Wildman–Crippen LogP) is 5.43. The van der Waals surface area contributed by atoms with Gasteiger partial charge in [-0.25, -0.2) is 9.18 Å². The molecule has 1 aromatic carbocycles. The van der Waals surface area contributed by atoms with Gasteiger partial charge in [0.15, 0.2) is 6.61 Å². The van der Waals surface area contributed by atoms with Crippen LogP contribution < -0.4 is 0 Å². The van der Waals surface area contributed by atoms with E-state index >= 15 is 0 Å². The number of aryl methyl sites for hydroxylation is 2. The van der Waals surface area contributed by atoms with Gasteiger partial charge < -0.3 is 13.6 Å². The van der Waals surface area contributed by atoms with Gasteiger partial charge in [-0.3, -0.25) is 0 Å². The van der Waals surface area contributed by atoms with Crippen molar-refractivity contribution < 1.29 is 22.8 Å². The normalized spacial score (nSPS) is 11.0. The Labute approximate surface area is 170 Å². The molecule has 0 amide bonds. The molecule has 0 spiro atoms. The van der Waals surface area contributed by atoms with Crippen LogP contribution in [-0.2, 0) is 17.8 Å². The Hall–Kier alpha value is -3.26. The molecule has 29 heavy (non-hydrogen) atoms. The van der Waals surface area contributed by atoms with Crippen molar-refractivity contribution >= 4 is 17.3 Å². The molecule has 0 saturated carbocycles. The summed E-state index contributed by atoms with van der Waals surface area (Å²) in [5, 5.41) is 7.94. The maximum absolute atomic E-state index is 13.8. The van der Waals surface area contributed by atoms with Crippen LogP contribution in [0.3, 0.4) is 0 Å². The van der Waals surface area contributed by atoms with E-state index in [1.807, 2.05) is 13.0 Å². The highest BCUT2D eigenvalue weighted by molar-refractivity contribution is 7.15. The monoisotopic (exact) mass is 412 g/mol. The lowest BCUT2D eigenvalue weighted by Gasteiger charge is -2.00. The van der Waals surface area contributed by atoms with E-state index in [-0.39, 0.29) is 29.6 Å². The van der Waals surface area contributed by atoms with Gasteiger partial charge in [-0.15, -0.1) is 21.5 Å². The first-order chi connectivity index (χ1) is 14.0. The van der Waals surface area contributed by atoms with Crippen molar-refractivity contribution in [3.05, 3.63) is 70.4 Å². The number of ether oxygens (including phenoxy) is 1. The number of furan rings is 1. The van der Waals surface area contributed by atoms with Crippen LogP contribution in [0.5, 0.6) is 0 Å².